The van der Waals surface area contributed by atoms with Crippen molar-refractivity contribution in [1.82, 2.24) is 5.32 Å². The summed E-state index contributed by atoms with van der Waals surface area (Å²) in [7, 11) is 1.80. The van der Waals surface area contributed by atoms with Gasteiger partial charge in [-0.3, -0.25) is 10.1 Å². The second kappa shape index (κ2) is 2.52. The average molecular weight is 171 g/mol. The molecule has 0 aromatic carbocycles. The van der Waals surface area contributed by atoms with Crippen LogP contribution >= 0.6 is 0 Å². The summed E-state index contributed by atoms with van der Waals surface area (Å²) < 4.78 is 10.8. The number of ether oxygens (including phenoxy) is 2. The molecule has 4 nitrogen and oxygen atoms in total. The van der Waals surface area contributed by atoms with Crippen LogP contribution in [0.5, 0.6) is 0 Å². The highest BCUT2D eigenvalue weighted by atomic mass is 16.6. The van der Waals surface area contributed by atoms with E-state index in [1.807, 2.05) is 6.92 Å². The van der Waals surface area contributed by atoms with Crippen molar-refractivity contribution in [2.45, 2.75) is 18.8 Å². The molecule has 1 N–H and O–H groups in total. The standard InChI is InChI=1S/C8H13NO3/c1-5-3-11-7-6(10)4-12-8(5,7)9-2/h5,7,9H,3-4H2,1-2H3/t5-,7-,8-/m0/s1. The van der Waals surface area contributed by atoms with Crippen LogP contribution in [0.15, 0.2) is 0 Å². The molecule has 68 valence electrons. The van der Waals surface area contributed by atoms with Gasteiger partial charge in [-0.1, -0.05) is 6.92 Å². The Balaban J connectivity index is 2.30. The van der Waals surface area contributed by atoms with Crippen LogP contribution in [0.3, 0.4) is 0 Å². The van der Waals surface area contributed by atoms with E-state index >= 15 is 0 Å². The first-order valence-corrected chi connectivity index (χ1v) is 4.18. The Kier molecular flexibility index (Phi) is 1.71. The van der Waals surface area contributed by atoms with E-state index in [4.69, 9.17) is 9.47 Å². The number of likely N-dealkylation sites (N-methyl/N-ethyl adjacent to an activating group) is 1. The number of carbonyl (C=O) groups excluding carboxylic acids is 1. The van der Waals surface area contributed by atoms with Crippen molar-refractivity contribution in [2.24, 2.45) is 5.92 Å². The third kappa shape index (κ3) is 0.800. The number of ketones is 1. The van der Waals surface area contributed by atoms with E-state index in [1.54, 1.807) is 7.05 Å². The van der Waals surface area contributed by atoms with Crippen LogP contribution in [0.1, 0.15) is 6.92 Å². The quantitative estimate of drug-likeness (QED) is 0.579. The summed E-state index contributed by atoms with van der Waals surface area (Å²) in [6.07, 6.45) is -0.391. The molecule has 12 heavy (non-hydrogen) atoms. The molecule has 0 spiro atoms. The smallest absolute Gasteiger partial charge is 0.191 e. The molecule has 4 heteroatoms. The van der Waals surface area contributed by atoms with Gasteiger partial charge in [-0.15, -0.1) is 0 Å². The first kappa shape index (κ1) is 8.16. The molecule has 2 aliphatic heterocycles. The second-order valence-electron chi connectivity index (χ2n) is 3.41. The van der Waals surface area contributed by atoms with Crippen molar-refractivity contribution in [3.63, 3.8) is 0 Å². The van der Waals surface area contributed by atoms with Gasteiger partial charge in [-0.05, 0) is 7.05 Å². The molecule has 2 aliphatic rings. The summed E-state index contributed by atoms with van der Waals surface area (Å²) in [6, 6.07) is 0. The number of rotatable bonds is 1. The van der Waals surface area contributed by atoms with Crippen molar-refractivity contribution >= 4 is 5.78 Å². The van der Waals surface area contributed by atoms with Crippen LogP contribution in [-0.2, 0) is 14.3 Å². The fraction of sp³-hybridized carbons (Fsp3) is 0.875. The van der Waals surface area contributed by atoms with Gasteiger partial charge in [0.25, 0.3) is 0 Å². The maximum absolute atomic E-state index is 11.3. The third-order valence-electron chi connectivity index (χ3n) is 2.77. The Morgan fingerprint density at radius 3 is 3.00 bits per heavy atom. The summed E-state index contributed by atoms with van der Waals surface area (Å²) in [5.41, 5.74) is -0.545. The van der Waals surface area contributed by atoms with Crippen LogP contribution in [0.2, 0.25) is 0 Å². The maximum atomic E-state index is 11.3. The van der Waals surface area contributed by atoms with E-state index < -0.39 is 11.8 Å². The van der Waals surface area contributed by atoms with Gasteiger partial charge in [0.15, 0.2) is 17.6 Å². The molecule has 2 saturated heterocycles. The van der Waals surface area contributed by atoms with Crippen LogP contribution < -0.4 is 5.32 Å². The normalized spacial score (nSPS) is 46.7. The van der Waals surface area contributed by atoms with E-state index in [9.17, 15) is 4.79 Å². The fourth-order valence-corrected chi connectivity index (χ4v) is 2.01. The van der Waals surface area contributed by atoms with Gasteiger partial charge in [0, 0.05) is 5.92 Å². The van der Waals surface area contributed by atoms with Crippen LogP contribution in [0, 0.1) is 5.92 Å². The molecule has 3 atom stereocenters. The molecule has 0 radical (unpaired) electrons. The van der Waals surface area contributed by atoms with E-state index in [1.165, 1.54) is 0 Å². The Morgan fingerprint density at radius 2 is 2.42 bits per heavy atom. The van der Waals surface area contributed by atoms with Crippen molar-refractivity contribution in [2.75, 3.05) is 20.3 Å². The summed E-state index contributed by atoms with van der Waals surface area (Å²) in [6.45, 7) is 2.79. The lowest BCUT2D eigenvalue weighted by Gasteiger charge is -2.29. The first-order valence-electron chi connectivity index (χ1n) is 4.18. The molecule has 0 amide bonds. The minimum absolute atomic E-state index is 0.0497. The Hall–Kier alpha value is -0.450. The van der Waals surface area contributed by atoms with E-state index in [0.717, 1.165) is 0 Å². The number of fused-ring (bicyclic) bond motifs is 1. The predicted molar refractivity (Wildman–Crippen MR) is 41.7 cm³/mol. The molecule has 2 rings (SSSR count). The molecule has 0 aliphatic carbocycles. The second-order valence-corrected chi connectivity index (χ2v) is 3.41. The van der Waals surface area contributed by atoms with Gasteiger partial charge in [0.1, 0.15) is 6.61 Å². The lowest BCUT2D eigenvalue weighted by atomic mass is 9.96. The van der Waals surface area contributed by atoms with Crippen LogP contribution in [-0.4, -0.2) is 37.9 Å². The van der Waals surface area contributed by atoms with Gasteiger partial charge in [0.05, 0.1) is 6.61 Å². The van der Waals surface area contributed by atoms with Gasteiger partial charge < -0.3 is 9.47 Å². The third-order valence-corrected chi connectivity index (χ3v) is 2.77. The Morgan fingerprint density at radius 1 is 1.67 bits per heavy atom. The van der Waals surface area contributed by atoms with E-state index in [2.05, 4.69) is 5.32 Å². The van der Waals surface area contributed by atoms with Crippen molar-refractivity contribution in [3.8, 4) is 0 Å². The summed E-state index contributed by atoms with van der Waals surface area (Å²) in [5.74, 6) is 0.285. The highest BCUT2D eigenvalue weighted by Gasteiger charge is 2.57. The van der Waals surface area contributed by atoms with Crippen molar-refractivity contribution < 1.29 is 14.3 Å². The molecule has 0 bridgehead atoms. The van der Waals surface area contributed by atoms with E-state index in [-0.39, 0.29) is 18.3 Å². The molecule has 0 saturated carbocycles. The zero-order valence-electron chi connectivity index (χ0n) is 7.29. The van der Waals surface area contributed by atoms with Crippen LogP contribution in [0.4, 0.5) is 0 Å². The number of carbonyl (C=O) groups is 1. The molecule has 2 heterocycles. The van der Waals surface area contributed by atoms with Crippen LogP contribution in [0.25, 0.3) is 0 Å². The summed E-state index contributed by atoms with van der Waals surface area (Å²) >= 11 is 0. The van der Waals surface area contributed by atoms with Crippen molar-refractivity contribution in [3.05, 3.63) is 0 Å². The van der Waals surface area contributed by atoms with Gasteiger partial charge in [-0.25, -0.2) is 0 Å². The molecule has 0 unspecified atom stereocenters. The lowest BCUT2D eigenvalue weighted by Crippen LogP contribution is -2.53. The molecule has 0 aromatic heterocycles. The summed E-state index contributed by atoms with van der Waals surface area (Å²) in [4.78, 5) is 11.3. The SMILES string of the molecule is CN[C@@]12OCC(=O)[C@@H]1OC[C@@H]2C. The molecular weight excluding hydrogens is 158 g/mol. The average Bonchev–Trinajstić information content (AvgIpc) is 2.55. The molecule has 2 fully saturated rings. The monoisotopic (exact) mass is 171 g/mol. The minimum atomic E-state index is -0.545. The Bertz CT molecular complexity index is 218. The molecular formula is C8H13NO3. The minimum Gasteiger partial charge on any atom is -0.365 e. The van der Waals surface area contributed by atoms with Gasteiger partial charge in [0.2, 0.25) is 0 Å². The topological polar surface area (TPSA) is 47.6 Å². The van der Waals surface area contributed by atoms with Crippen molar-refractivity contribution in [1.29, 1.82) is 0 Å². The zero-order chi connectivity index (χ0) is 8.77. The highest BCUT2D eigenvalue weighted by molar-refractivity contribution is 5.87. The first-order chi connectivity index (χ1) is 5.70. The maximum Gasteiger partial charge on any atom is 0.191 e. The zero-order valence-corrected chi connectivity index (χ0v) is 7.29. The fourth-order valence-electron chi connectivity index (χ4n) is 2.01. The van der Waals surface area contributed by atoms with Gasteiger partial charge in [-0.2, -0.15) is 0 Å². The van der Waals surface area contributed by atoms with Gasteiger partial charge >= 0.3 is 0 Å². The lowest BCUT2D eigenvalue weighted by molar-refractivity contribution is -0.125. The van der Waals surface area contributed by atoms with E-state index in [0.29, 0.717) is 6.61 Å². The number of nitrogens with one attached hydrogen (secondary N) is 1. The predicted octanol–water partition coefficient (Wildman–Crippen LogP) is -0.464. The highest BCUT2D eigenvalue weighted by Crippen LogP contribution is 2.36. The number of hydrogen-bond donors (Lipinski definition) is 1. The summed E-state index contributed by atoms with van der Waals surface area (Å²) in [5, 5.41) is 3.05. The molecule has 0 aromatic rings. The number of Topliss-reactive ketones (excluding diaryl/α,β-unsaturated/α-hetero) is 1. The largest absolute Gasteiger partial charge is 0.365 e. The Labute approximate surface area is 71.2 Å². The number of hydrogen-bond acceptors (Lipinski definition) is 4.